The van der Waals surface area contributed by atoms with Crippen LogP contribution in [0, 0.1) is 0 Å². The monoisotopic (exact) mass is 499 g/mol. The summed E-state index contributed by atoms with van der Waals surface area (Å²) in [6, 6.07) is 17.8. The van der Waals surface area contributed by atoms with Gasteiger partial charge in [-0.05, 0) is 56.0 Å². The summed E-state index contributed by atoms with van der Waals surface area (Å²) >= 11 is 0. The fourth-order valence-electron chi connectivity index (χ4n) is 5.16. The van der Waals surface area contributed by atoms with E-state index in [0.29, 0.717) is 25.9 Å². The first kappa shape index (κ1) is 26.4. The maximum Gasteiger partial charge on any atom is 0.411 e. The molecule has 0 aliphatic carbocycles. The van der Waals surface area contributed by atoms with Crippen LogP contribution in [0.5, 0.6) is 0 Å². The Labute approximate surface area is 220 Å². The maximum absolute atomic E-state index is 13.3. The number of rotatable bonds is 8. The van der Waals surface area contributed by atoms with Gasteiger partial charge in [-0.15, -0.1) is 0 Å². The molecule has 0 saturated carbocycles. The van der Waals surface area contributed by atoms with Crippen LogP contribution in [0.2, 0.25) is 0 Å². The van der Waals surface area contributed by atoms with Gasteiger partial charge in [-0.1, -0.05) is 73.3 Å². The lowest BCUT2D eigenvalue weighted by Crippen LogP contribution is -2.51. The van der Waals surface area contributed by atoms with E-state index in [0.717, 1.165) is 33.8 Å². The zero-order valence-corrected chi connectivity index (χ0v) is 22.2. The number of amidine groups is 1. The summed E-state index contributed by atoms with van der Waals surface area (Å²) in [5.74, 6) is 0.917. The Hall–Kier alpha value is -3.64. The molecule has 1 amide bonds. The highest BCUT2D eigenvalue weighted by atomic mass is 16.6. The van der Waals surface area contributed by atoms with E-state index in [-0.39, 0.29) is 12.1 Å². The molecule has 6 nitrogen and oxygen atoms in total. The minimum atomic E-state index is -0.982. The molecule has 2 heterocycles. The Balaban J connectivity index is 1.51. The van der Waals surface area contributed by atoms with E-state index >= 15 is 0 Å². The van der Waals surface area contributed by atoms with Crippen LogP contribution in [0.3, 0.4) is 0 Å². The Morgan fingerprint density at radius 2 is 1.95 bits per heavy atom. The average molecular weight is 500 g/mol. The van der Waals surface area contributed by atoms with Gasteiger partial charge >= 0.3 is 6.09 Å². The molecule has 2 atom stereocenters. The fourth-order valence-corrected chi connectivity index (χ4v) is 5.16. The number of benzene rings is 2. The van der Waals surface area contributed by atoms with Gasteiger partial charge in [0.2, 0.25) is 0 Å². The van der Waals surface area contributed by atoms with Gasteiger partial charge < -0.3 is 20.1 Å². The molecular weight excluding hydrogens is 462 g/mol. The van der Waals surface area contributed by atoms with Gasteiger partial charge in [0.15, 0.2) is 0 Å². The van der Waals surface area contributed by atoms with Crippen molar-refractivity contribution in [3.05, 3.63) is 102 Å². The van der Waals surface area contributed by atoms with Gasteiger partial charge in [-0.3, -0.25) is 4.99 Å². The predicted octanol–water partition coefficient (Wildman–Crippen LogP) is 6.12. The SMILES string of the molecule is C=C/C=C(\C=C1/CN=C(C)N1)c1ccc([C@H](C)N2CC[C@](CC(C)(C)O)(c3ccccc3)OC2=O)cc1. The molecule has 6 heteroatoms. The summed E-state index contributed by atoms with van der Waals surface area (Å²) in [6.45, 7) is 12.5. The highest BCUT2D eigenvalue weighted by molar-refractivity contribution is 5.85. The van der Waals surface area contributed by atoms with E-state index in [1.807, 2.05) is 50.3 Å². The van der Waals surface area contributed by atoms with Gasteiger partial charge in [-0.2, -0.15) is 0 Å². The number of cyclic esters (lactones) is 1. The van der Waals surface area contributed by atoms with Crippen LogP contribution in [0.1, 0.15) is 63.3 Å². The summed E-state index contributed by atoms with van der Waals surface area (Å²) in [6.07, 6.45) is 6.42. The Morgan fingerprint density at radius 3 is 2.51 bits per heavy atom. The number of aliphatic hydroxyl groups is 1. The summed E-state index contributed by atoms with van der Waals surface area (Å²) in [5, 5.41) is 13.9. The van der Waals surface area contributed by atoms with Crippen molar-refractivity contribution in [3.8, 4) is 0 Å². The smallest absolute Gasteiger partial charge is 0.411 e. The maximum atomic E-state index is 13.3. The van der Waals surface area contributed by atoms with Gasteiger partial charge in [0, 0.05) is 25.1 Å². The summed E-state index contributed by atoms with van der Waals surface area (Å²) in [7, 11) is 0. The quantitative estimate of drug-likeness (QED) is 0.429. The lowest BCUT2D eigenvalue weighted by Gasteiger charge is -2.45. The second-order valence-electron chi connectivity index (χ2n) is 10.5. The molecule has 0 radical (unpaired) electrons. The van der Waals surface area contributed by atoms with E-state index in [4.69, 9.17) is 4.74 Å². The normalized spacial score (nSPS) is 22.4. The highest BCUT2D eigenvalue weighted by Gasteiger charge is 2.46. The summed E-state index contributed by atoms with van der Waals surface area (Å²) in [4.78, 5) is 19.5. The molecular formula is C31H37N3O3. The Kier molecular flexibility index (Phi) is 7.69. The molecule has 2 N–H and O–H groups in total. The number of ether oxygens (including phenoxy) is 1. The molecule has 2 aromatic carbocycles. The number of nitrogens with one attached hydrogen (secondary N) is 1. The molecule has 1 fully saturated rings. The largest absolute Gasteiger partial charge is 0.438 e. The lowest BCUT2D eigenvalue weighted by atomic mass is 9.80. The second-order valence-corrected chi connectivity index (χ2v) is 10.5. The number of nitrogens with zero attached hydrogens (tertiary/aromatic N) is 2. The number of aliphatic imine (C=N–C) groups is 1. The van der Waals surface area contributed by atoms with Crippen molar-refractivity contribution in [1.82, 2.24) is 10.2 Å². The molecule has 0 aromatic heterocycles. The lowest BCUT2D eigenvalue weighted by molar-refractivity contribution is -0.101. The van der Waals surface area contributed by atoms with Crippen LogP contribution in [-0.2, 0) is 10.3 Å². The Morgan fingerprint density at radius 1 is 1.24 bits per heavy atom. The van der Waals surface area contributed by atoms with Crippen molar-refractivity contribution in [3.63, 3.8) is 0 Å². The third kappa shape index (κ3) is 6.20. The summed E-state index contributed by atoms with van der Waals surface area (Å²) in [5.41, 5.74) is 3.25. The molecule has 0 bridgehead atoms. The van der Waals surface area contributed by atoms with Crippen molar-refractivity contribution in [1.29, 1.82) is 0 Å². The number of hydrogen-bond acceptors (Lipinski definition) is 5. The van der Waals surface area contributed by atoms with Crippen LogP contribution in [-0.4, -0.2) is 40.6 Å². The number of allylic oxidation sites excluding steroid dienone is 4. The Bertz CT molecular complexity index is 1220. The van der Waals surface area contributed by atoms with E-state index in [1.54, 1.807) is 24.8 Å². The van der Waals surface area contributed by atoms with Gasteiger partial charge in [0.05, 0.1) is 24.0 Å². The first-order valence-corrected chi connectivity index (χ1v) is 12.8. The minimum absolute atomic E-state index is 0.157. The van der Waals surface area contributed by atoms with Crippen LogP contribution >= 0.6 is 0 Å². The van der Waals surface area contributed by atoms with Crippen LogP contribution in [0.25, 0.3) is 5.57 Å². The fraction of sp³-hybridized carbons (Fsp3) is 0.355. The molecule has 0 spiro atoms. The first-order valence-electron chi connectivity index (χ1n) is 12.8. The molecule has 0 unspecified atom stereocenters. The molecule has 1 saturated heterocycles. The van der Waals surface area contributed by atoms with Crippen molar-refractivity contribution in [2.24, 2.45) is 4.99 Å². The number of carbonyl (C=O) groups excluding carboxylic acids is 1. The molecule has 37 heavy (non-hydrogen) atoms. The van der Waals surface area contributed by atoms with E-state index in [9.17, 15) is 9.90 Å². The van der Waals surface area contributed by atoms with Crippen molar-refractivity contribution < 1.29 is 14.6 Å². The minimum Gasteiger partial charge on any atom is -0.438 e. The summed E-state index contributed by atoms with van der Waals surface area (Å²) < 4.78 is 6.15. The average Bonchev–Trinajstić information content (AvgIpc) is 3.27. The van der Waals surface area contributed by atoms with E-state index in [1.165, 1.54) is 0 Å². The third-order valence-electron chi connectivity index (χ3n) is 6.94. The molecule has 2 aromatic rings. The number of carbonyl (C=O) groups is 1. The number of amides is 1. The molecule has 194 valence electrons. The van der Waals surface area contributed by atoms with Crippen LogP contribution in [0.4, 0.5) is 4.79 Å². The second kappa shape index (κ2) is 10.8. The van der Waals surface area contributed by atoms with Crippen LogP contribution < -0.4 is 5.32 Å². The van der Waals surface area contributed by atoms with Gasteiger partial charge in [-0.25, -0.2) is 4.79 Å². The zero-order chi connectivity index (χ0) is 26.6. The van der Waals surface area contributed by atoms with E-state index < -0.39 is 11.2 Å². The van der Waals surface area contributed by atoms with Crippen molar-refractivity contribution >= 4 is 17.5 Å². The highest BCUT2D eigenvalue weighted by Crippen LogP contribution is 2.42. The molecule has 2 aliphatic rings. The van der Waals surface area contributed by atoms with E-state index in [2.05, 4.69) is 47.2 Å². The zero-order valence-electron chi connectivity index (χ0n) is 22.2. The van der Waals surface area contributed by atoms with Gasteiger partial charge in [0.25, 0.3) is 0 Å². The van der Waals surface area contributed by atoms with Gasteiger partial charge in [0.1, 0.15) is 5.60 Å². The van der Waals surface area contributed by atoms with Crippen molar-refractivity contribution in [2.45, 2.75) is 57.8 Å². The standard InChI is InChI=1S/C31H37N3O3/c1-6-10-26(19-28-20-32-23(3)33-28)25-15-13-24(14-16-25)22(2)34-18-17-31(37-29(34)35,21-30(4,5)36)27-11-8-7-9-12-27/h6-16,19,22,36H,1,17-18,20-21H2,2-5H3,(H,32,33)/b26-10+,28-19+/t22-,31-/m0/s1. The van der Waals surface area contributed by atoms with Crippen molar-refractivity contribution in [2.75, 3.05) is 13.1 Å². The predicted molar refractivity (Wildman–Crippen MR) is 149 cm³/mol. The third-order valence-corrected chi connectivity index (χ3v) is 6.94. The topological polar surface area (TPSA) is 74.2 Å². The molecule has 4 rings (SSSR count). The first-order chi connectivity index (χ1) is 17.6. The number of hydrogen-bond donors (Lipinski definition) is 2. The van der Waals surface area contributed by atoms with Crippen LogP contribution in [0.15, 0.2) is 90.1 Å². The molecule has 2 aliphatic heterocycles.